The Bertz CT molecular complexity index is 768. The van der Waals surface area contributed by atoms with Crippen molar-refractivity contribution in [2.24, 2.45) is 27.9 Å². The number of carboxylic acids is 2. The molecule has 0 aromatic heterocycles. The highest BCUT2D eigenvalue weighted by Crippen LogP contribution is 2.05. The molecule has 0 radical (unpaired) electrons. The third-order valence-electron chi connectivity index (χ3n) is 4.09. The minimum Gasteiger partial charge on any atom is -0.481 e. The van der Waals surface area contributed by atoms with E-state index >= 15 is 0 Å². The van der Waals surface area contributed by atoms with Crippen LogP contribution in [0, 0.1) is 0 Å². The molecule has 13 N–H and O–H groups in total. The number of primary amides is 1. The SMILES string of the molecule is NCC(=O)NC(CCC(N)=O)C(=O)NC(CCCN=C(N)N)C(=O)NC(CC(=O)O)C(=O)O. The summed E-state index contributed by atoms with van der Waals surface area (Å²) in [6.07, 6.45) is -1.24. The van der Waals surface area contributed by atoms with Crippen LogP contribution in [0.4, 0.5) is 0 Å². The van der Waals surface area contributed by atoms with E-state index in [0.717, 1.165) is 0 Å². The van der Waals surface area contributed by atoms with E-state index in [1.807, 2.05) is 5.32 Å². The van der Waals surface area contributed by atoms with Gasteiger partial charge in [-0.1, -0.05) is 0 Å². The molecule has 0 rings (SSSR count). The summed E-state index contributed by atoms with van der Waals surface area (Å²) in [5, 5.41) is 24.6. The van der Waals surface area contributed by atoms with Crippen LogP contribution in [0.2, 0.25) is 0 Å². The van der Waals surface area contributed by atoms with Gasteiger partial charge in [-0.05, 0) is 19.3 Å². The number of nitrogens with one attached hydrogen (secondary N) is 3. The van der Waals surface area contributed by atoms with Crippen LogP contribution in [0.5, 0.6) is 0 Å². The molecule has 16 nitrogen and oxygen atoms in total. The van der Waals surface area contributed by atoms with Crippen molar-refractivity contribution in [2.45, 2.75) is 50.2 Å². The van der Waals surface area contributed by atoms with Crippen molar-refractivity contribution in [2.75, 3.05) is 13.1 Å². The van der Waals surface area contributed by atoms with Gasteiger partial charge < -0.3 is 49.1 Å². The van der Waals surface area contributed by atoms with Crippen molar-refractivity contribution in [1.82, 2.24) is 16.0 Å². The molecule has 16 heteroatoms. The number of carbonyl (C=O) groups is 6. The van der Waals surface area contributed by atoms with Gasteiger partial charge in [-0.3, -0.25) is 29.0 Å². The normalized spacial score (nSPS) is 13.0. The third kappa shape index (κ3) is 13.1. The van der Waals surface area contributed by atoms with Crippen molar-refractivity contribution < 1.29 is 39.0 Å². The minimum absolute atomic E-state index is 0.0683. The predicted molar refractivity (Wildman–Crippen MR) is 113 cm³/mol. The number of carboxylic acid groups (broad SMARTS) is 2. The van der Waals surface area contributed by atoms with Gasteiger partial charge in [0.25, 0.3) is 0 Å². The molecule has 3 atom stereocenters. The number of aliphatic imine (C=N–C) groups is 1. The Labute approximate surface area is 188 Å². The first-order chi connectivity index (χ1) is 15.4. The lowest BCUT2D eigenvalue weighted by molar-refractivity contribution is -0.147. The maximum atomic E-state index is 12.7. The number of aliphatic carboxylic acids is 2. The second kappa shape index (κ2) is 15.0. The summed E-state index contributed by atoms with van der Waals surface area (Å²) in [5.74, 6) is -6.56. The fraction of sp³-hybridized carbons (Fsp3) is 0.588. The molecular formula is C17H30N8O8. The monoisotopic (exact) mass is 474 g/mol. The number of amides is 4. The fourth-order valence-electron chi connectivity index (χ4n) is 2.50. The highest BCUT2D eigenvalue weighted by atomic mass is 16.4. The Balaban J connectivity index is 5.54. The molecule has 0 saturated carbocycles. The number of carbonyl (C=O) groups excluding carboxylic acids is 4. The standard InChI is InChI=1S/C17H30N8O8/c18-7-12(27)23-9(3-4-11(19)26)15(31)24-8(2-1-5-22-17(20)21)14(30)25-10(16(32)33)6-13(28)29/h8-10H,1-7,18H2,(H2,19,26)(H,23,27)(H,24,31)(H,25,30)(H,28,29)(H,32,33)(H4,20,21,22). The van der Waals surface area contributed by atoms with Gasteiger partial charge in [0.1, 0.15) is 18.1 Å². The summed E-state index contributed by atoms with van der Waals surface area (Å²) in [6, 6.07) is -4.36. The molecule has 0 heterocycles. The van der Waals surface area contributed by atoms with Crippen molar-refractivity contribution >= 4 is 41.5 Å². The number of nitrogens with zero attached hydrogens (tertiary/aromatic N) is 1. The summed E-state index contributed by atoms with van der Waals surface area (Å²) in [5.41, 5.74) is 20.7. The predicted octanol–water partition coefficient (Wildman–Crippen LogP) is -4.72. The number of rotatable bonds is 16. The summed E-state index contributed by atoms with van der Waals surface area (Å²) in [4.78, 5) is 73.8. The van der Waals surface area contributed by atoms with E-state index < -0.39 is 66.7 Å². The topological polar surface area (TPSA) is 295 Å². The van der Waals surface area contributed by atoms with Crippen LogP contribution in [0.15, 0.2) is 4.99 Å². The number of hydrogen-bond acceptors (Lipinski definition) is 8. The highest BCUT2D eigenvalue weighted by molar-refractivity contribution is 5.94. The lowest BCUT2D eigenvalue weighted by atomic mass is 10.1. The quantitative estimate of drug-likeness (QED) is 0.0581. The van der Waals surface area contributed by atoms with Crippen molar-refractivity contribution in [3.63, 3.8) is 0 Å². The number of guanidine groups is 1. The highest BCUT2D eigenvalue weighted by Gasteiger charge is 2.30. The number of hydrogen-bond donors (Lipinski definition) is 9. The Morgan fingerprint density at radius 3 is 1.82 bits per heavy atom. The van der Waals surface area contributed by atoms with Gasteiger partial charge in [-0.15, -0.1) is 0 Å². The zero-order valence-corrected chi connectivity index (χ0v) is 17.8. The van der Waals surface area contributed by atoms with E-state index in [1.54, 1.807) is 0 Å². The van der Waals surface area contributed by atoms with E-state index in [1.165, 1.54) is 0 Å². The molecule has 33 heavy (non-hydrogen) atoms. The smallest absolute Gasteiger partial charge is 0.326 e. The van der Waals surface area contributed by atoms with Gasteiger partial charge in [0.2, 0.25) is 23.6 Å². The summed E-state index contributed by atoms with van der Waals surface area (Å²) < 4.78 is 0. The molecule has 3 unspecified atom stereocenters. The van der Waals surface area contributed by atoms with Crippen molar-refractivity contribution in [1.29, 1.82) is 0 Å². The molecule has 186 valence electrons. The molecule has 0 aromatic carbocycles. The van der Waals surface area contributed by atoms with E-state index in [-0.39, 0.29) is 38.2 Å². The average molecular weight is 474 g/mol. The lowest BCUT2D eigenvalue weighted by Crippen LogP contribution is -2.56. The molecule has 0 aromatic rings. The first-order valence-corrected chi connectivity index (χ1v) is 9.75. The van der Waals surface area contributed by atoms with Crippen molar-refractivity contribution in [3.05, 3.63) is 0 Å². The van der Waals surface area contributed by atoms with E-state index in [9.17, 15) is 28.8 Å². The van der Waals surface area contributed by atoms with Crippen LogP contribution >= 0.6 is 0 Å². The second-order valence-electron chi connectivity index (χ2n) is 6.84. The Kier molecular flexibility index (Phi) is 13.2. The molecule has 0 spiro atoms. The zero-order valence-electron chi connectivity index (χ0n) is 17.8. The maximum absolute atomic E-state index is 12.7. The molecule has 0 bridgehead atoms. The summed E-state index contributed by atoms with van der Waals surface area (Å²) in [6.45, 7) is -0.368. The van der Waals surface area contributed by atoms with Gasteiger partial charge in [0.05, 0.1) is 13.0 Å². The van der Waals surface area contributed by atoms with Gasteiger partial charge >= 0.3 is 11.9 Å². The van der Waals surface area contributed by atoms with Gasteiger partial charge in [0.15, 0.2) is 5.96 Å². The van der Waals surface area contributed by atoms with Gasteiger partial charge in [0, 0.05) is 13.0 Å². The molecule has 0 fully saturated rings. The van der Waals surface area contributed by atoms with Crippen LogP contribution < -0.4 is 38.9 Å². The molecule has 0 aliphatic carbocycles. The summed E-state index contributed by atoms with van der Waals surface area (Å²) >= 11 is 0. The van der Waals surface area contributed by atoms with Crippen LogP contribution in [-0.4, -0.2) is 83.0 Å². The molecule has 0 aliphatic rings. The van der Waals surface area contributed by atoms with Gasteiger partial charge in [-0.25, -0.2) is 4.79 Å². The minimum atomic E-state index is -1.75. The van der Waals surface area contributed by atoms with Crippen LogP contribution in [0.1, 0.15) is 32.1 Å². The third-order valence-corrected chi connectivity index (χ3v) is 4.09. The Morgan fingerprint density at radius 1 is 0.818 bits per heavy atom. The van der Waals surface area contributed by atoms with Crippen LogP contribution in [0.3, 0.4) is 0 Å². The van der Waals surface area contributed by atoms with Crippen LogP contribution in [0.25, 0.3) is 0 Å². The number of nitrogens with two attached hydrogens (primary N) is 4. The second-order valence-corrected chi connectivity index (χ2v) is 6.84. The molecule has 0 saturated heterocycles. The molecular weight excluding hydrogens is 444 g/mol. The zero-order chi connectivity index (χ0) is 25.6. The first-order valence-electron chi connectivity index (χ1n) is 9.75. The molecule has 4 amide bonds. The van der Waals surface area contributed by atoms with E-state index in [0.29, 0.717) is 0 Å². The average Bonchev–Trinajstić information content (AvgIpc) is 2.71. The maximum Gasteiger partial charge on any atom is 0.326 e. The largest absolute Gasteiger partial charge is 0.481 e. The van der Waals surface area contributed by atoms with Crippen molar-refractivity contribution in [3.8, 4) is 0 Å². The van der Waals surface area contributed by atoms with Gasteiger partial charge in [-0.2, -0.15) is 0 Å². The Morgan fingerprint density at radius 2 is 1.36 bits per heavy atom. The van der Waals surface area contributed by atoms with Crippen LogP contribution in [-0.2, 0) is 28.8 Å². The Hall–Kier alpha value is -3.95. The van der Waals surface area contributed by atoms with E-state index in [2.05, 4.69) is 15.6 Å². The molecule has 0 aliphatic heterocycles. The fourth-order valence-corrected chi connectivity index (χ4v) is 2.50. The lowest BCUT2D eigenvalue weighted by Gasteiger charge is -2.24. The summed E-state index contributed by atoms with van der Waals surface area (Å²) in [7, 11) is 0. The first kappa shape index (κ1) is 29.0. The van der Waals surface area contributed by atoms with E-state index in [4.69, 9.17) is 33.1 Å².